The van der Waals surface area contributed by atoms with Crippen LogP contribution in [0.4, 0.5) is 5.69 Å². The largest absolute Gasteiger partial charge is 0.367 e. The number of hydrogen-bond acceptors (Lipinski definition) is 3. The predicted octanol–water partition coefficient (Wildman–Crippen LogP) is 2.24. The highest BCUT2D eigenvalue weighted by molar-refractivity contribution is 5.52. The summed E-state index contributed by atoms with van der Waals surface area (Å²) in [5, 5.41) is 3.23. The molecule has 1 saturated heterocycles. The number of nitrogens with zero attached hydrogens (tertiary/aromatic N) is 2. The van der Waals surface area contributed by atoms with Gasteiger partial charge in [-0.2, -0.15) is 0 Å². The summed E-state index contributed by atoms with van der Waals surface area (Å²) in [6, 6.07) is 7.57. The van der Waals surface area contributed by atoms with Crippen LogP contribution >= 0.6 is 0 Å². The molecule has 1 aromatic carbocycles. The van der Waals surface area contributed by atoms with E-state index in [1.54, 1.807) is 0 Å². The van der Waals surface area contributed by atoms with E-state index in [9.17, 15) is 0 Å². The van der Waals surface area contributed by atoms with Gasteiger partial charge in [0.15, 0.2) is 0 Å². The van der Waals surface area contributed by atoms with Crippen LogP contribution < -0.4 is 10.2 Å². The molecule has 1 aliphatic rings. The molecule has 0 amide bonds. The summed E-state index contributed by atoms with van der Waals surface area (Å²) in [5.41, 5.74) is 4.18. The normalized spacial score (nSPS) is 19.4. The number of hydrogen-bond donors (Lipinski definition) is 1. The molecule has 1 atom stereocenters. The molecule has 0 saturated carbocycles. The van der Waals surface area contributed by atoms with Crippen molar-refractivity contribution in [3.05, 3.63) is 29.3 Å². The SMILES string of the molecule is CNCc1ccc(N2CCCC2CN(C)C)cc1C. The van der Waals surface area contributed by atoms with Crippen LogP contribution in [0.25, 0.3) is 0 Å². The maximum atomic E-state index is 3.23. The lowest BCUT2D eigenvalue weighted by molar-refractivity contribution is 0.372. The highest BCUT2D eigenvalue weighted by Crippen LogP contribution is 2.27. The summed E-state index contributed by atoms with van der Waals surface area (Å²) in [5.74, 6) is 0. The zero-order valence-corrected chi connectivity index (χ0v) is 12.7. The second kappa shape index (κ2) is 6.40. The minimum Gasteiger partial charge on any atom is -0.367 e. The average molecular weight is 261 g/mol. The third-order valence-electron chi connectivity index (χ3n) is 3.98. The first-order valence-electron chi connectivity index (χ1n) is 7.27. The first-order chi connectivity index (χ1) is 9.11. The van der Waals surface area contributed by atoms with E-state index >= 15 is 0 Å². The van der Waals surface area contributed by atoms with E-state index in [2.05, 4.69) is 54.3 Å². The molecule has 0 radical (unpaired) electrons. The van der Waals surface area contributed by atoms with Gasteiger partial charge in [-0.3, -0.25) is 0 Å². The van der Waals surface area contributed by atoms with E-state index in [-0.39, 0.29) is 0 Å². The highest BCUT2D eigenvalue weighted by Gasteiger charge is 2.25. The summed E-state index contributed by atoms with van der Waals surface area (Å²) >= 11 is 0. The maximum Gasteiger partial charge on any atom is 0.0417 e. The fourth-order valence-electron chi connectivity index (χ4n) is 3.03. The molecular weight excluding hydrogens is 234 g/mol. The summed E-state index contributed by atoms with van der Waals surface area (Å²) in [7, 11) is 6.33. The van der Waals surface area contributed by atoms with Crippen LogP contribution in [-0.2, 0) is 6.54 Å². The van der Waals surface area contributed by atoms with Crippen LogP contribution in [-0.4, -0.2) is 45.2 Å². The number of aryl methyl sites for hydroxylation is 1. The van der Waals surface area contributed by atoms with Gasteiger partial charge in [0.1, 0.15) is 0 Å². The first-order valence-corrected chi connectivity index (χ1v) is 7.27. The second-order valence-electron chi connectivity index (χ2n) is 5.89. The second-order valence-corrected chi connectivity index (χ2v) is 5.89. The zero-order valence-electron chi connectivity index (χ0n) is 12.7. The Labute approximate surface area is 117 Å². The fraction of sp³-hybridized carbons (Fsp3) is 0.625. The van der Waals surface area contributed by atoms with E-state index in [0.29, 0.717) is 6.04 Å². The van der Waals surface area contributed by atoms with Crippen molar-refractivity contribution in [1.29, 1.82) is 0 Å². The van der Waals surface area contributed by atoms with Crippen LogP contribution in [0.15, 0.2) is 18.2 Å². The smallest absolute Gasteiger partial charge is 0.0417 e. The molecule has 1 N–H and O–H groups in total. The van der Waals surface area contributed by atoms with Gasteiger partial charge in [0.25, 0.3) is 0 Å². The summed E-state index contributed by atoms with van der Waals surface area (Å²) in [6.07, 6.45) is 2.63. The average Bonchev–Trinajstić information content (AvgIpc) is 2.79. The number of likely N-dealkylation sites (N-methyl/N-ethyl adjacent to an activating group) is 1. The molecule has 1 unspecified atom stereocenters. The van der Waals surface area contributed by atoms with Crippen molar-refractivity contribution >= 4 is 5.69 Å². The van der Waals surface area contributed by atoms with Crippen LogP contribution in [0.5, 0.6) is 0 Å². The van der Waals surface area contributed by atoms with Gasteiger partial charge in [-0.25, -0.2) is 0 Å². The van der Waals surface area contributed by atoms with Crippen molar-refractivity contribution in [1.82, 2.24) is 10.2 Å². The van der Waals surface area contributed by atoms with Gasteiger partial charge in [0.2, 0.25) is 0 Å². The number of anilines is 1. The monoisotopic (exact) mass is 261 g/mol. The lowest BCUT2D eigenvalue weighted by Gasteiger charge is -2.29. The fourth-order valence-corrected chi connectivity index (χ4v) is 3.03. The molecule has 1 heterocycles. The standard InChI is InChI=1S/C16H27N3/c1-13-10-15(8-7-14(13)11-17-2)19-9-5-6-16(19)12-18(3)4/h7-8,10,16-17H,5-6,9,11-12H2,1-4H3. The number of rotatable bonds is 5. The van der Waals surface area contributed by atoms with Crippen molar-refractivity contribution in [2.45, 2.75) is 32.4 Å². The Morgan fingerprint density at radius 3 is 2.79 bits per heavy atom. The van der Waals surface area contributed by atoms with Gasteiger partial charge >= 0.3 is 0 Å². The quantitative estimate of drug-likeness (QED) is 0.877. The lowest BCUT2D eigenvalue weighted by Crippen LogP contribution is -2.37. The lowest BCUT2D eigenvalue weighted by atomic mass is 10.1. The topological polar surface area (TPSA) is 18.5 Å². The first kappa shape index (κ1) is 14.4. The zero-order chi connectivity index (χ0) is 13.8. The van der Waals surface area contributed by atoms with Gasteiger partial charge in [-0.1, -0.05) is 6.07 Å². The maximum absolute atomic E-state index is 3.23. The number of benzene rings is 1. The molecular formula is C16H27N3. The van der Waals surface area contributed by atoms with Crippen LogP contribution in [0.3, 0.4) is 0 Å². The van der Waals surface area contributed by atoms with Gasteiger partial charge < -0.3 is 15.1 Å². The Bertz CT molecular complexity index is 414. The van der Waals surface area contributed by atoms with E-state index in [1.165, 1.54) is 36.2 Å². The Morgan fingerprint density at radius 1 is 1.37 bits per heavy atom. The molecule has 0 aromatic heterocycles. The van der Waals surface area contributed by atoms with Gasteiger partial charge in [-0.05, 0) is 64.2 Å². The van der Waals surface area contributed by atoms with Crippen molar-refractivity contribution in [3.63, 3.8) is 0 Å². The summed E-state index contributed by atoms with van der Waals surface area (Å²) in [4.78, 5) is 4.88. The minimum atomic E-state index is 0.671. The molecule has 1 aliphatic heterocycles. The summed E-state index contributed by atoms with van der Waals surface area (Å²) < 4.78 is 0. The van der Waals surface area contributed by atoms with E-state index in [4.69, 9.17) is 0 Å². The molecule has 1 aromatic rings. The highest BCUT2D eigenvalue weighted by atomic mass is 15.2. The van der Waals surface area contributed by atoms with Crippen molar-refractivity contribution in [3.8, 4) is 0 Å². The van der Waals surface area contributed by atoms with Crippen LogP contribution in [0, 0.1) is 6.92 Å². The molecule has 3 heteroatoms. The van der Waals surface area contributed by atoms with E-state index in [1.807, 2.05) is 7.05 Å². The molecule has 19 heavy (non-hydrogen) atoms. The minimum absolute atomic E-state index is 0.671. The third-order valence-corrected chi connectivity index (χ3v) is 3.98. The van der Waals surface area contributed by atoms with Crippen molar-refractivity contribution < 1.29 is 0 Å². The molecule has 2 rings (SSSR count). The van der Waals surface area contributed by atoms with Crippen molar-refractivity contribution in [2.75, 3.05) is 39.1 Å². The Balaban J connectivity index is 2.14. The van der Waals surface area contributed by atoms with E-state index in [0.717, 1.165) is 13.1 Å². The molecule has 0 bridgehead atoms. The molecule has 0 aliphatic carbocycles. The van der Waals surface area contributed by atoms with E-state index < -0.39 is 0 Å². The van der Waals surface area contributed by atoms with Crippen LogP contribution in [0.1, 0.15) is 24.0 Å². The van der Waals surface area contributed by atoms with Crippen molar-refractivity contribution in [2.24, 2.45) is 0 Å². The molecule has 0 spiro atoms. The van der Waals surface area contributed by atoms with Gasteiger partial charge in [-0.15, -0.1) is 0 Å². The molecule has 106 valence electrons. The Morgan fingerprint density at radius 2 is 2.16 bits per heavy atom. The molecule has 3 nitrogen and oxygen atoms in total. The predicted molar refractivity (Wildman–Crippen MR) is 82.9 cm³/mol. The Hall–Kier alpha value is -1.06. The Kier molecular flexibility index (Phi) is 4.83. The van der Waals surface area contributed by atoms with Gasteiger partial charge in [0.05, 0.1) is 0 Å². The number of nitrogens with one attached hydrogen (secondary N) is 1. The molecule has 1 fully saturated rings. The van der Waals surface area contributed by atoms with Gasteiger partial charge in [0, 0.05) is 31.4 Å². The third kappa shape index (κ3) is 3.48. The van der Waals surface area contributed by atoms with Crippen LogP contribution in [0.2, 0.25) is 0 Å². The summed E-state index contributed by atoms with van der Waals surface area (Å²) in [6.45, 7) is 5.51.